The summed E-state index contributed by atoms with van der Waals surface area (Å²) in [6, 6.07) is 17.6. The molecule has 1 aliphatic heterocycles. The second-order valence-electron chi connectivity index (χ2n) is 7.21. The van der Waals surface area contributed by atoms with Crippen LogP contribution in [0.3, 0.4) is 0 Å². The maximum Gasteiger partial charge on any atom is 0.162 e. The van der Waals surface area contributed by atoms with Crippen LogP contribution < -0.4 is 5.32 Å². The number of hydrogen-bond acceptors (Lipinski definition) is 3. The third-order valence-corrected chi connectivity index (χ3v) is 6.05. The van der Waals surface area contributed by atoms with Crippen LogP contribution in [0.1, 0.15) is 42.7 Å². The summed E-state index contributed by atoms with van der Waals surface area (Å²) in [5, 5.41) is 14.1. The lowest BCUT2D eigenvalue weighted by molar-refractivity contribution is -0.116. The van der Waals surface area contributed by atoms with E-state index in [-0.39, 0.29) is 11.7 Å². The molecule has 2 aromatic rings. The van der Waals surface area contributed by atoms with E-state index in [2.05, 4.69) is 23.5 Å². The molecule has 0 bridgehead atoms. The van der Waals surface area contributed by atoms with Crippen LogP contribution in [0.15, 0.2) is 71.1 Å². The van der Waals surface area contributed by atoms with Gasteiger partial charge in [0.25, 0.3) is 0 Å². The molecule has 0 spiro atoms. The summed E-state index contributed by atoms with van der Waals surface area (Å²) >= 11 is 12.5. The smallest absolute Gasteiger partial charge is 0.162 e. The number of nitrogens with zero attached hydrogens (tertiary/aromatic N) is 1. The first-order valence-electron chi connectivity index (χ1n) is 9.13. The van der Waals surface area contributed by atoms with Gasteiger partial charge in [-0.15, -0.1) is 0 Å². The molecule has 2 aliphatic rings. The van der Waals surface area contributed by atoms with Crippen molar-refractivity contribution >= 4 is 29.0 Å². The summed E-state index contributed by atoms with van der Waals surface area (Å²) in [4.78, 5) is 13.2. The van der Waals surface area contributed by atoms with Gasteiger partial charge in [0.05, 0.1) is 17.6 Å². The second kappa shape index (κ2) is 7.47. The van der Waals surface area contributed by atoms with E-state index in [1.165, 1.54) is 0 Å². The molecule has 0 unspecified atom stereocenters. The van der Waals surface area contributed by atoms with Gasteiger partial charge in [-0.05, 0) is 42.5 Å². The molecule has 0 amide bonds. The quantitative estimate of drug-likeness (QED) is 0.674. The van der Waals surface area contributed by atoms with E-state index in [4.69, 9.17) is 23.2 Å². The molecule has 3 nitrogen and oxygen atoms in total. The van der Waals surface area contributed by atoms with E-state index < -0.39 is 5.92 Å². The molecule has 140 valence electrons. The van der Waals surface area contributed by atoms with Gasteiger partial charge in [-0.25, -0.2) is 0 Å². The molecule has 0 radical (unpaired) electrons. The maximum absolute atomic E-state index is 13.2. The van der Waals surface area contributed by atoms with Crippen LogP contribution >= 0.6 is 23.2 Å². The monoisotopic (exact) mass is 408 g/mol. The van der Waals surface area contributed by atoms with Crippen LogP contribution in [-0.2, 0) is 4.79 Å². The van der Waals surface area contributed by atoms with Crippen molar-refractivity contribution < 1.29 is 4.79 Å². The minimum atomic E-state index is -0.463. The fourth-order valence-corrected chi connectivity index (χ4v) is 4.71. The summed E-state index contributed by atoms with van der Waals surface area (Å²) in [6.45, 7) is 1.87. The number of rotatable bonds is 2. The molecule has 1 aliphatic carbocycles. The van der Waals surface area contributed by atoms with Gasteiger partial charge in [-0.1, -0.05) is 59.6 Å². The number of allylic oxidation sites excluding steroid dienone is 4. The fraction of sp³-hybridized carbons (Fsp3) is 0.217. The average Bonchev–Trinajstić information content (AvgIpc) is 2.67. The van der Waals surface area contributed by atoms with Crippen LogP contribution in [0, 0.1) is 11.3 Å². The van der Waals surface area contributed by atoms with Gasteiger partial charge in [0, 0.05) is 33.4 Å². The largest absolute Gasteiger partial charge is 0.361 e. The highest BCUT2D eigenvalue weighted by atomic mass is 35.5. The number of ketones is 1. The van der Waals surface area contributed by atoms with Crippen molar-refractivity contribution in [3.8, 4) is 6.07 Å². The number of benzene rings is 2. The first-order valence-corrected chi connectivity index (χ1v) is 9.89. The number of carbonyl (C=O) groups excluding carboxylic acids is 1. The van der Waals surface area contributed by atoms with E-state index in [1.54, 1.807) is 12.1 Å². The van der Waals surface area contributed by atoms with Crippen LogP contribution in [0.4, 0.5) is 0 Å². The topological polar surface area (TPSA) is 52.9 Å². The Hall–Kier alpha value is -2.54. The van der Waals surface area contributed by atoms with Gasteiger partial charge in [-0.2, -0.15) is 5.26 Å². The zero-order valence-corrected chi connectivity index (χ0v) is 16.8. The summed E-state index contributed by atoms with van der Waals surface area (Å²) in [5.41, 5.74) is 4.71. The third-order valence-electron chi connectivity index (χ3n) is 5.49. The van der Waals surface area contributed by atoms with Crippen molar-refractivity contribution in [2.75, 3.05) is 0 Å². The van der Waals surface area contributed by atoms with E-state index in [0.717, 1.165) is 28.9 Å². The average molecular weight is 409 g/mol. The van der Waals surface area contributed by atoms with Gasteiger partial charge in [0.15, 0.2) is 5.78 Å². The Labute approximate surface area is 174 Å². The minimum Gasteiger partial charge on any atom is -0.361 e. The van der Waals surface area contributed by atoms with Gasteiger partial charge in [0.1, 0.15) is 0 Å². The molecule has 1 heterocycles. The number of carbonyl (C=O) groups is 1. The zero-order chi connectivity index (χ0) is 19.8. The zero-order valence-electron chi connectivity index (χ0n) is 15.3. The normalized spacial score (nSPS) is 21.9. The van der Waals surface area contributed by atoms with Crippen molar-refractivity contribution in [2.24, 2.45) is 0 Å². The first kappa shape index (κ1) is 18.8. The third kappa shape index (κ3) is 3.24. The number of Topliss-reactive ketones (excluding diaryl/α,β-unsaturated/α-hetero) is 1. The maximum atomic E-state index is 13.2. The second-order valence-corrected chi connectivity index (χ2v) is 8.05. The van der Waals surface area contributed by atoms with E-state index in [9.17, 15) is 10.1 Å². The summed E-state index contributed by atoms with van der Waals surface area (Å²) in [5.74, 6) is -0.285. The molecular formula is C23H18Cl2N2O. The summed E-state index contributed by atoms with van der Waals surface area (Å²) in [7, 11) is 0. The van der Waals surface area contributed by atoms with Gasteiger partial charge >= 0.3 is 0 Å². The molecule has 2 atom stereocenters. The Kier molecular flexibility index (Phi) is 5.02. The number of hydrogen-bond donors (Lipinski definition) is 1. The van der Waals surface area contributed by atoms with E-state index >= 15 is 0 Å². The lowest BCUT2D eigenvalue weighted by Gasteiger charge is -2.36. The fourth-order valence-electron chi connectivity index (χ4n) is 4.19. The Bertz CT molecular complexity index is 1060. The minimum absolute atomic E-state index is 0.0545. The van der Waals surface area contributed by atoms with Crippen LogP contribution in [0.25, 0.3) is 0 Å². The molecule has 4 rings (SSSR count). The molecule has 5 heteroatoms. The molecule has 28 heavy (non-hydrogen) atoms. The Morgan fingerprint density at radius 2 is 1.86 bits per heavy atom. The number of dihydropyridines is 1. The lowest BCUT2D eigenvalue weighted by atomic mass is 9.72. The molecule has 0 saturated heterocycles. The van der Waals surface area contributed by atoms with Crippen LogP contribution in [0.5, 0.6) is 0 Å². The molecule has 0 fully saturated rings. The molecular weight excluding hydrogens is 391 g/mol. The lowest BCUT2D eigenvalue weighted by Crippen LogP contribution is -2.33. The number of nitriles is 1. The molecule has 2 aromatic carbocycles. The Balaban J connectivity index is 1.82. The Morgan fingerprint density at radius 1 is 1.11 bits per heavy atom. The highest BCUT2D eigenvalue weighted by molar-refractivity contribution is 6.35. The van der Waals surface area contributed by atoms with Crippen molar-refractivity contribution in [1.29, 1.82) is 5.26 Å². The standard InChI is InChI=1S/C23H18Cl2N2O/c1-13-18(12-26)22(17-8-7-16(24)11-19(17)25)23-20(27-13)9-15(10-21(23)28)14-5-3-2-4-6-14/h2-8,11,15,22,27H,9-10H2,1H3/t15-,22-/m0/s1. The number of nitrogens with one attached hydrogen (secondary N) is 1. The van der Waals surface area contributed by atoms with Crippen molar-refractivity contribution in [3.63, 3.8) is 0 Å². The van der Waals surface area contributed by atoms with Crippen LogP contribution in [0.2, 0.25) is 10.0 Å². The predicted octanol–water partition coefficient (Wildman–Crippen LogP) is 5.88. The van der Waals surface area contributed by atoms with Gasteiger partial charge in [0.2, 0.25) is 0 Å². The predicted molar refractivity (Wildman–Crippen MR) is 111 cm³/mol. The SMILES string of the molecule is CC1=C(C#N)[C@H](c2ccc(Cl)cc2Cl)C2=C(C[C@H](c3ccccc3)CC2=O)N1. The molecule has 0 saturated carbocycles. The van der Waals surface area contributed by atoms with Gasteiger partial charge in [-0.3, -0.25) is 4.79 Å². The van der Waals surface area contributed by atoms with Gasteiger partial charge < -0.3 is 5.32 Å². The van der Waals surface area contributed by atoms with E-state index in [0.29, 0.717) is 27.6 Å². The van der Waals surface area contributed by atoms with Crippen molar-refractivity contribution in [3.05, 3.63) is 92.2 Å². The highest BCUT2D eigenvalue weighted by Gasteiger charge is 2.39. The van der Waals surface area contributed by atoms with Crippen molar-refractivity contribution in [1.82, 2.24) is 5.32 Å². The Morgan fingerprint density at radius 3 is 2.54 bits per heavy atom. The highest BCUT2D eigenvalue weighted by Crippen LogP contribution is 2.46. The molecule has 1 N–H and O–H groups in total. The van der Waals surface area contributed by atoms with Crippen molar-refractivity contribution in [2.45, 2.75) is 31.6 Å². The molecule has 0 aromatic heterocycles. The van der Waals surface area contributed by atoms with Crippen LogP contribution in [-0.4, -0.2) is 5.78 Å². The first-order chi connectivity index (χ1) is 13.5. The van der Waals surface area contributed by atoms with E-state index in [1.807, 2.05) is 31.2 Å². The summed E-state index contributed by atoms with van der Waals surface area (Å²) < 4.78 is 0. The number of halogens is 2. The summed E-state index contributed by atoms with van der Waals surface area (Å²) in [6.07, 6.45) is 1.15.